The summed E-state index contributed by atoms with van der Waals surface area (Å²) in [5, 5.41) is 9.39. The van der Waals surface area contributed by atoms with Crippen LogP contribution in [0.4, 0.5) is 11.4 Å². The molecule has 1 aliphatic rings. The summed E-state index contributed by atoms with van der Waals surface area (Å²) >= 11 is 1.31. The Labute approximate surface area is 178 Å². The van der Waals surface area contributed by atoms with E-state index < -0.39 is 0 Å². The molecule has 0 aromatic heterocycles. The monoisotopic (exact) mass is 411 g/mol. The summed E-state index contributed by atoms with van der Waals surface area (Å²) in [7, 11) is 0. The van der Waals surface area contributed by atoms with Gasteiger partial charge >= 0.3 is 0 Å². The van der Waals surface area contributed by atoms with Crippen LogP contribution in [0.25, 0.3) is 6.08 Å². The molecule has 0 aliphatic carbocycles. The average Bonchev–Trinajstić information content (AvgIpc) is 3.09. The molecule has 1 aliphatic heterocycles. The van der Waals surface area contributed by atoms with Gasteiger partial charge in [0.2, 0.25) is 0 Å². The predicted octanol–water partition coefficient (Wildman–Crippen LogP) is 5.40. The van der Waals surface area contributed by atoms with Crippen molar-refractivity contribution in [2.45, 2.75) is 0 Å². The van der Waals surface area contributed by atoms with Crippen molar-refractivity contribution in [3.8, 4) is 11.8 Å². The molecular formula is C24H17N3O2S. The number of amides is 1. The second-order valence-corrected chi connectivity index (χ2v) is 7.31. The molecule has 30 heavy (non-hydrogen) atoms. The SMILES string of the molecule is N#CCOc1ccccc1/C=C1\SC(=Nc2ccccc2)N(c2ccccc2)C1=O. The van der Waals surface area contributed by atoms with Crippen LogP contribution in [-0.4, -0.2) is 17.7 Å². The van der Waals surface area contributed by atoms with Gasteiger partial charge in [0, 0.05) is 5.56 Å². The Hall–Kier alpha value is -3.82. The fourth-order valence-corrected chi connectivity index (χ4v) is 3.94. The van der Waals surface area contributed by atoms with Gasteiger partial charge in [-0.25, -0.2) is 4.99 Å². The molecule has 3 aromatic rings. The van der Waals surface area contributed by atoms with Gasteiger partial charge in [0.1, 0.15) is 11.8 Å². The molecule has 0 bridgehead atoms. The van der Waals surface area contributed by atoms with Crippen molar-refractivity contribution in [3.05, 3.63) is 95.4 Å². The summed E-state index contributed by atoms with van der Waals surface area (Å²) in [6.45, 7) is -0.0574. The Balaban J connectivity index is 1.75. The lowest BCUT2D eigenvalue weighted by Gasteiger charge is -2.15. The largest absolute Gasteiger partial charge is 0.478 e. The van der Waals surface area contributed by atoms with Gasteiger partial charge < -0.3 is 4.74 Å². The second kappa shape index (κ2) is 9.12. The number of ether oxygens (including phenoxy) is 1. The van der Waals surface area contributed by atoms with E-state index >= 15 is 0 Å². The molecule has 4 rings (SSSR count). The number of benzene rings is 3. The van der Waals surface area contributed by atoms with Gasteiger partial charge in [-0.2, -0.15) is 5.26 Å². The maximum Gasteiger partial charge on any atom is 0.271 e. The van der Waals surface area contributed by atoms with Crippen LogP contribution in [0.15, 0.2) is 94.8 Å². The first-order chi connectivity index (χ1) is 14.8. The maximum atomic E-state index is 13.3. The fourth-order valence-electron chi connectivity index (χ4n) is 2.95. The molecule has 0 saturated carbocycles. The minimum absolute atomic E-state index is 0.0574. The number of carbonyl (C=O) groups excluding carboxylic acids is 1. The number of nitriles is 1. The van der Waals surface area contributed by atoms with Gasteiger partial charge in [-0.1, -0.05) is 54.6 Å². The first-order valence-corrected chi connectivity index (χ1v) is 10.1. The summed E-state index contributed by atoms with van der Waals surface area (Å²) in [5.74, 6) is 0.399. The molecule has 1 heterocycles. The number of hydrogen-bond donors (Lipinski definition) is 0. The second-order valence-electron chi connectivity index (χ2n) is 6.30. The molecule has 0 radical (unpaired) electrons. The van der Waals surface area contributed by atoms with Crippen molar-refractivity contribution in [2.75, 3.05) is 11.5 Å². The summed E-state index contributed by atoms with van der Waals surface area (Å²) in [5.41, 5.74) is 2.26. The van der Waals surface area contributed by atoms with Crippen LogP contribution in [-0.2, 0) is 4.79 Å². The number of carbonyl (C=O) groups is 1. The number of para-hydroxylation sites is 3. The standard InChI is InChI=1S/C24H17N3O2S/c25-15-16-29-21-14-8-7-9-18(21)17-22-23(28)27(20-12-5-2-6-13-20)24(30-22)26-19-10-3-1-4-11-19/h1-14,17H,16H2/b22-17-,26-24?. The van der Waals surface area contributed by atoms with Gasteiger partial charge in [-0.3, -0.25) is 9.69 Å². The highest BCUT2D eigenvalue weighted by atomic mass is 32.2. The van der Waals surface area contributed by atoms with E-state index in [4.69, 9.17) is 15.0 Å². The number of rotatable bonds is 5. The normalized spacial score (nSPS) is 16.1. The molecule has 5 nitrogen and oxygen atoms in total. The minimum atomic E-state index is -0.157. The van der Waals surface area contributed by atoms with E-state index in [1.165, 1.54) is 11.8 Å². The molecule has 1 amide bonds. The molecule has 3 aromatic carbocycles. The van der Waals surface area contributed by atoms with E-state index in [-0.39, 0.29) is 12.5 Å². The van der Waals surface area contributed by atoms with E-state index in [0.717, 1.165) is 16.9 Å². The third-order valence-electron chi connectivity index (χ3n) is 4.30. The average molecular weight is 411 g/mol. The smallest absolute Gasteiger partial charge is 0.271 e. The molecule has 1 saturated heterocycles. The summed E-state index contributed by atoms with van der Waals surface area (Å²) in [6.07, 6.45) is 1.78. The Kier molecular flexibility index (Phi) is 5.93. The zero-order valence-corrected chi connectivity index (χ0v) is 16.8. The van der Waals surface area contributed by atoms with E-state index in [0.29, 0.717) is 15.8 Å². The van der Waals surface area contributed by atoms with E-state index in [1.807, 2.05) is 84.9 Å². The van der Waals surface area contributed by atoms with E-state index in [9.17, 15) is 4.79 Å². The summed E-state index contributed by atoms with van der Waals surface area (Å²) in [4.78, 5) is 20.1. The lowest BCUT2D eigenvalue weighted by molar-refractivity contribution is -0.113. The van der Waals surface area contributed by atoms with Crippen LogP contribution in [0.2, 0.25) is 0 Å². The van der Waals surface area contributed by atoms with Crippen molar-refractivity contribution in [2.24, 2.45) is 4.99 Å². The van der Waals surface area contributed by atoms with Crippen LogP contribution < -0.4 is 9.64 Å². The molecule has 1 fully saturated rings. The van der Waals surface area contributed by atoms with Crippen LogP contribution in [0, 0.1) is 11.3 Å². The van der Waals surface area contributed by atoms with E-state index in [2.05, 4.69) is 0 Å². The van der Waals surface area contributed by atoms with Gasteiger partial charge in [-0.15, -0.1) is 0 Å². The third-order valence-corrected chi connectivity index (χ3v) is 5.27. The summed E-state index contributed by atoms with van der Waals surface area (Å²) < 4.78 is 5.50. The number of aliphatic imine (C=N–C) groups is 1. The predicted molar refractivity (Wildman–Crippen MR) is 121 cm³/mol. The van der Waals surface area contributed by atoms with Crippen molar-refractivity contribution in [1.29, 1.82) is 5.26 Å². The zero-order valence-electron chi connectivity index (χ0n) is 15.9. The first-order valence-electron chi connectivity index (χ1n) is 9.28. The maximum absolute atomic E-state index is 13.3. The molecule has 0 N–H and O–H groups in total. The van der Waals surface area contributed by atoms with Crippen LogP contribution >= 0.6 is 11.8 Å². The highest BCUT2D eigenvalue weighted by Crippen LogP contribution is 2.38. The van der Waals surface area contributed by atoms with Gasteiger partial charge in [0.25, 0.3) is 5.91 Å². The summed E-state index contributed by atoms with van der Waals surface area (Å²) in [6, 6.07) is 28.3. The van der Waals surface area contributed by atoms with Crippen molar-refractivity contribution in [1.82, 2.24) is 0 Å². The van der Waals surface area contributed by atoms with Crippen molar-refractivity contribution < 1.29 is 9.53 Å². The number of anilines is 1. The van der Waals surface area contributed by atoms with E-state index in [1.54, 1.807) is 17.0 Å². The van der Waals surface area contributed by atoms with Crippen molar-refractivity contribution in [3.63, 3.8) is 0 Å². The zero-order chi connectivity index (χ0) is 20.8. The first kappa shape index (κ1) is 19.5. The van der Waals surface area contributed by atoms with Gasteiger partial charge in [0.15, 0.2) is 11.8 Å². The Morgan fingerprint density at radius 3 is 2.37 bits per heavy atom. The lowest BCUT2D eigenvalue weighted by atomic mass is 10.2. The van der Waals surface area contributed by atoms with Crippen LogP contribution in [0.1, 0.15) is 5.56 Å². The Morgan fingerprint density at radius 1 is 0.967 bits per heavy atom. The molecule has 0 spiro atoms. The van der Waals surface area contributed by atoms with Crippen molar-refractivity contribution >= 4 is 40.3 Å². The quantitative estimate of drug-likeness (QED) is 0.528. The number of nitrogens with zero attached hydrogens (tertiary/aromatic N) is 3. The number of amidine groups is 1. The minimum Gasteiger partial charge on any atom is -0.478 e. The third kappa shape index (κ3) is 4.27. The lowest BCUT2D eigenvalue weighted by Crippen LogP contribution is -2.28. The topological polar surface area (TPSA) is 65.7 Å². The number of thioether (sulfide) groups is 1. The van der Waals surface area contributed by atoms with Gasteiger partial charge in [-0.05, 0) is 48.2 Å². The fraction of sp³-hybridized carbons (Fsp3) is 0.0417. The van der Waals surface area contributed by atoms with Crippen LogP contribution in [0.3, 0.4) is 0 Å². The Morgan fingerprint density at radius 2 is 1.63 bits per heavy atom. The molecule has 146 valence electrons. The highest BCUT2D eigenvalue weighted by molar-refractivity contribution is 8.19. The molecular weight excluding hydrogens is 394 g/mol. The molecule has 6 heteroatoms. The molecule has 0 atom stereocenters. The molecule has 0 unspecified atom stereocenters. The Bertz CT molecular complexity index is 1150. The van der Waals surface area contributed by atoms with Gasteiger partial charge in [0.05, 0.1) is 16.3 Å². The highest BCUT2D eigenvalue weighted by Gasteiger charge is 2.34. The number of hydrogen-bond acceptors (Lipinski definition) is 5. The van der Waals surface area contributed by atoms with Crippen LogP contribution in [0.5, 0.6) is 5.75 Å².